The van der Waals surface area contributed by atoms with E-state index in [1.54, 1.807) is 18.0 Å². The Hall–Kier alpha value is -0.940. The number of carbonyl (C=O) groups is 1. The molecule has 1 aliphatic carbocycles. The molecule has 0 spiro atoms. The van der Waals surface area contributed by atoms with Crippen molar-refractivity contribution in [3.05, 3.63) is 34.1 Å². The fourth-order valence-corrected chi connectivity index (χ4v) is 3.03. The fourth-order valence-electron chi connectivity index (χ4n) is 2.56. The quantitative estimate of drug-likeness (QED) is 0.926. The minimum atomic E-state index is -0.438. The highest BCUT2D eigenvalue weighted by Gasteiger charge is 2.27. The molecule has 2 rings (SSSR count). The molecule has 1 saturated carbocycles. The number of aliphatic hydroxyl groups is 1. The first-order valence-corrected chi connectivity index (χ1v) is 7.16. The molecule has 1 aliphatic rings. The van der Waals surface area contributed by atoms with Crippen LogP contribution in [0.4, 0.5) is 4.39 Å². The van der Waals surface area contributed by atoms with Crippen molar-refractivity contribution < 1.29 is 14.3 Å². The minimum Gasteiger partial charge on any atom is -0.393 e. The summed E-state index contributed by atoms with van der Waals surface area (Å²) in [7, 11) is 1.69. The van der Waals surface area contributed by atoms with Crippen LogP contribution in [0.5, 0.6) is 0 Å². The van der Waals surface area contributed by atoms with Crippen LogP contribution in [-0.4, -0.2) is 35.6 Å². The van der Waals surface area contributed by atoms with Crippen LogP contribution in [0.3, 0.4) is 0 Å². The minimum absolute atomic E-state index is 0.131. The molecule has 0 bridgehead atoms. The largest absolute Gasteiger partial charge is 0.393 e. The molecule has 2 unspecified atom stereocenters. The third-order valence-corrected chi connectivity index (χ3v) is 4.04. The van der Waals surface area contributed by atoms with Gasteiger partial charge in [-0.2, -0.15) is 0 Å². The lowest BCUT2D eigenvalue weighted by atomic mass is 10.1. The van der Waals surface area contributed by atoms with Crippen molar-refractivity contribution in [2.45, 2.75) is 25.4 Å². The fraction of sp³-hybridized carbons (Fsp3) is 0.500. The summed E-state index contributed by atoms with van der Waals surface area (Å²) in [5.74, 6) is -0.530. The van der Waals surface area contributed by atoms with E-state index in [1.165, 1.54) is 12.1 Å². The summed E-state index contributed by atoms with van der Waals surface area (Å²) in [5, 5.41) is 9.77. The Bertz CT molecular complexity index is 460. The van der Waals surface area contributed by atoms with E-state index >= 15 is 0 Å². The molecule has 1 N–H and O–H groups in total. The summed E-state index contributed by atoms with van der Waals surface area (Å²) in [6.45, 7) is 0.508. The van der Waals surface area contributed by atoms with E-state index < -0.39 is 5.82 Å². The van der Waals surface area contributed by atoms with Gasteiger partial charge >= 0.3 is 0 Å². The lowest BCUT2D eigenvalue weighted by Gasteiger charge is -2.23. The Morgan fingerprint density at radius 1 is 1.47 bits per heavy atom. The molecule has 104 valence electrons. The second-order valence-corrected chi connectivity index (χ2v) is 6.02. The summed E-state index contributed by atoms with van der Waals surface area (Å²) in [6.07, 6.45) is 2.41. The molecule has 0 saturated heterocycles. The van der Waals surface area contributed by atoms with Gasteiger partial charge in [0.15, 0.2) is 0 Å². The van der Waals surface area contributed by atoms with Crippen LogP contribution in [0.15, 0.2) is 22.7 Å². The SMILES string of the molecule is CN(CC1CCCC1O)C(=O)c1cc(F)cc(Br)c1. The van der Waals surface area contributed by atoms with E-state index in [0.717, 1.165) is 19.3 Å². The third kappa shape index (κ3) is 3.54. The molecule has 2 atom stereocenters. The smallest absolute Gasteiger partial charge is 0.253 e. The zero-order valence-electron chi connectivity index (χ0n) is 10.8. The van der Waals surface area contributed by atoms with Gasteiger partial charge in [0.2, 0.25) is 0 Å². The highest BCUT2D eigenvalue weighted by molar-refractivity contribution is 9.10. The van der Waals surface area contributed by atoms with Crippen LogP contribution in [0.1, 0.15) is 29.6 Å². The van der Waals surface area contributed by atoms with E-state index in [0.29, 0.717) is 16.6 Å². The summed E-state index contributed by atoms with van der Waals surface area (Å²) >= 11 is 3.18. The molecule has 5 heteroatoms. The highest BCUT2D eigenvalue weighted by Crippen LogP contribution is 2.26. The van der Waals surface area contributed by atoms with Crippen LogP contribution in [0, 0.1) is 11.7 Å². The van der Waals surface area contributed by atoms with Crippen LogP contribution < -0.4 is 0 Å². The van der Waals surface area contributed by atoms with Crippen LogP contribution in [0.25, 0.3) is 0 Å². The summed E-state index contributed by atoms with van der Waals surface area (Å²) in [4.78, 5) is 13.8. The van der Waals surface area contributed by atoms with Gasteiger partial charge in [0, 0.05) is 29.5 Å². The highest BCUT2D eigenvalue weighted by atomic mass is 79.9. The molecule has 0 radical (unpaired) electrons. The van der Waals surface area contributed by atoms with E-state index in [9.17, 15) is 14.3 Å². The van der Waals surface area contributed by atoms with Crippen molar-refractivity contribution in [3.8, 4) is 0 Å². The number of carbonyl (C=O) groups excluding carboxylic acids is 1. The lowest BCUT2D eigenvalue weighted by Crippen LogP contribution is -2.34. The molecule has 19 heavy (non-hydrogen) atoms. The predicted octanol–water partition coefficient (Wildman–Crippen LogP) is 2.82. The molecule has 0 heterocycles. The molecular formula is C14H17BrFNO2. The van der Waals surface area contributed by atoms with Crippen molar-refractivity contribution in [2.24, 2.45) is 5.92 Å². The first-order valence-electron chi connectivity index (χ1n) is 6.37. The van der Waals surface area contributed by atoms with E-state index in [-0.39, 0.29) is 17.9 Å². The molecule has 1 fully saturated rings. The molecule has 0 aromatic heterocycles. The topological polar surface area (TPSA) is 40.5 Å². The maximum atomic E-state index is 13.3. The van der Waals surface area contributed by atoms with Crippen LogP contribution in [0.2, 0.25) is 0 Å². The Morgan fingerprint density at radius 2 is 2.21 bits per heavy atom. The average molecular weight is 330 g/mol. The average Bonchev–Trinajstić information content (AvgIpc) is 2.72. The number of benzene rings is 1. The van der Waals surface area contributed by atoms with Crippen molar-refractivity contribution in [1.29, 1.82) is 0 Å². The third-order valence-electron chi connectivity index (χ3n) is 3.58. The maximum absolute atomic E-state index is 13.3. The Labute approximate surface area is 120 Å². The van der Waals surface area contributed by atoms with Gasteiger partial charge in [-0.3, -0.25) is 4.79 Å². The van der Waals surface area contributed by atoms with Crippen LogP contribution in [-0.2, 0) is 0 Å². The maximum Gasteiger partial charge on any atom is 0.253 e. The molecule has 1 aromatic carbocycles. The zero-order valence-corrected chi connectivity index (χ0v) is 12.4. The van der Waals surface area contributed by atoms with E-state index in [2.05, 4.69) is 15.9 Å². The van der Waals surface area contributed by atoms with Crippen molar-refractivity contribution in [1.82, 2.24) is 4.90 Å². The van der Waals surface area contributed by atoms with Gasteiger partial charge in [-0.25, -0.2) is 4.39 Å². The van der Waals surface area contributed by atoms with Gasteiger partial charge in [0.05, 0.1) is 6.10 Å². The van der Waals surface area contributed by atoms with Gasteiger partial charge in [0.25, 0.3) is 5.91 Å². The van der Waals surface area contributed by atoms with Gasteiger partial charge in [-0.05, 0) is 31.0 Å². The Balaban J connectivity index is 2.06. The summed E-state index contributed by atoms with van der Waals surface area (Å²) < 4.78 is 13.8. The van der Waals surface area contributed by atoms with E-state index in [4.69, 9.17) is 0 Å². The molecule has 0 aliphatic heterocycles. The molecule has 3 nitrogen and oxygen atoms in total. The van der Waals surface area contributed by atoms with Gasteiger partial charge in [-0.1, -0.05) is 22.4 Å². The number of halogens is 2. The normalized spacial score (nSPS) is 22.5. The number of aliphatic hydroxyl groups excluding tert-OH is 1. The molecular weight excluding hydrogens is 313 g/mol. The molecule has 1 aromatic rings. The zero-order chi connectivity index (χ0) is 14.0. The van der Waals surface area contributed by atoms with Gasteiger partial charge in [0.1, 0.15) is 5.82 Å². The molecule has 1 amide bonds. The standard InChI is InChI=1S/C14H17BrFNO2/c1-17(8-9-3-2-4-13(9)18)14(19)10-5-11(15)7-12(16)6-10/h5-7,9,13,18H,2-4,8H2,1H3. The first-order chi connectivity index (χ1) is 8.97. The summed E-state index contributed by atoms with van der Waals surface area (Å²) in [6, 6.07) is 4.15. The van der Waals surface area contributed by atoms with Gasteiger partial charge < -0.3 is 10.0 Å². The second-order valence-electron chi connectivity index (χ2n) is 5.10. The Morgan fingerprint density at radius 3 is 2.79 bits per heavy atom. The van der Waals surface area contributed by atoms with Crippen molar-refractivity contribution in [2.75, 3.05) is 13.6 Å². The van der Waals surface area contributed by atoms with Crippen molar-refractivity contribution in [3.63, 3.8) is 0 Å². The van der Waals surface area contributed by atoms with Crippen LogP contribution >= 0.6 is 15.9 Å². The first kappa shape index (κ1) is 14.5. The summed E-state index contributed by atoms with van der Waals surface area (Å²) in [5.41, 5.74) is 0.321. The van der Waals surface area contributed by atoms with Gasteiger partial charge in [-0.15, -0.1) is 0 Å². The monoisotopic (exact) mass is 329 g/mol. The second kappa shape index (κ2) is 6.01. The number of hydrogen-bond donors (Lipinski definition) is 1. The number of amides is 1. The number of rotatable bonds is 3. The van der Waals surface area contributed by atoms with E-state index in [1.807, 2.05) is 0 Å². The number of nitrogens with zero attached hydrogens (tertiary/aromatic N) is 1. The predicted molar refractivity (Wildman–Crippen MR) is 74.4 cm³/mol. The Kier molecular flexibility index (Phi) is 4.58. The van der Waals surface area contributed by atoms with Crippen molar-refractivity contribution >= 4 is 21.8 Å². The lowest BCUT2D eigenvalue weighted by molar-refractivity contribution is 0.0693. The number of hydrogen-bond acceptors (Lipinski definition) is 2.